The van der Waals surface area contributed by atoms with Crippen LogP contribution in [0.2, 0.25) is 0 Å². The van der Waals surface area contributed by atoms with Gasteiger partial charge in [-0.25, -0.2) is 0 Å². The van der Waals surface area contributed by atoms with Crippen molar-refractivity contribution in [2.45, 2.75) is 25.1 Å². The number of carbonyl (C=O) groups excluding carboxylic acids is 1. The zero-order chi connectivity index (χ0) is 17.3. The summed E-state index contributed by atoms with van der Waals surface area (Å²) in [5.74, 6) is 0.488. The Kier molecular flexibility index (Phi) is 5.22. The van der Waals surface area contributed by atoms with Crippen molar-refractivity contribution in [1.82, 2.24) is 14.8 Å². The van der Waals surface area contributed by atoms with E-state index in [0.29, 0.717) is 5.75 Å². The number of hydrogen-bond donors (Lipinski definition) is 0. The van der Waals surface area contributed by atoms with E-state index in [-0.39, 0.29) is 5.78 Å². The second-order valence-corrected chi connectivity index (χ2v) is 8.38. The van der Waals surface area contributed by atoms with E-state index in [0.717, 1.165) is 31.5 Å². The molecule has 24 heavy (non-hydrogen) atoms. The first-order chi connectivity index (χ1) is 11.5. The van der Waals surface area contributed by atoms with Crippen molar-refractivity contribution in [2.75, 3.05) is 5.75 Å². The number of aryl methyl sites for hydroxylation is 2. The molecule has 0 saturated carbocycles. The summed E-state index contributed by atoms with van der Waals surface area (Å²) in [6, 6.07) is 8.18. The first-order valence-corrected chi connectivity index (χ1v) is 10.0. The van der Waals surface area contributed by atoms with E-state index in [1.54, 1.807) is 5.51 Å². The first kappa shape index (κ1) is 17.4. The summed E-state index contributed by atoms with van der Waals surface area (Å²) in [6.07, 6.45) is 0. The van der Waals surface area contributed by atoms with Crippen LogP contribution in [-0.2, 0) is 0 Å². The van der Waals surface area contributed by atoms with Gasteiger partial charge in [-0.05, 0) is 50.6 Å². The minimum atomic E-state index is 0.114. The van der Waals surface area contributed by atoms with Crippen molar-refractivity contribution < 1.29 is 4.79 Å². The molecule has 0 spiro atoms. The van der Waals surface area contributed by atoms with Crippen molar-refractivity contribution in [3.8, 4) is 5.69 Å². The zero-order valence-corrected chi connectivity index (χ0v) is 16.8. The largest absolute Gasteiger partial charge is 0.318 e. The van der Waals surface area contributed by atoms with Crippen molar-refractivity contribution in [1.29, 1.82) is 0 Å². The number of benzene rings is 1. The molecule has 1 aromatic carbocycles. The van der Waals surface area contributed by atoms with Crippen LogP contribution in [0.1, 0.15) is 27.3 Å². The molecule has 0 aliphatic carbocycles. The Morgan fingerprint density at radius 2 is 2.08 bits per heavy atom. The standard InChI is InChI=1S/C17H16BrN3OS2/c1-10-6-13(4-5-15(10)18)21-11(2)7-14(12(21)3)16(22)8-23-17-20-19-9-24-17/h4-7,9H,8H2,1-3H3. The highest BCUT2D eigenvalue weighted by Gasteiger charge is 2.17. The highest BCUT2D eigenvalue weighted by atomic mass is 79.9. The second-order valence-electron chi connectivity index (χ2n) is 5.47. The fourth-order valence-electron chi connectivity index (χ4n) is 2.64. The van der Waals surface area contributed by atoms with Crippen molar-refractivity contribution >= 4 is 44.8 Å². The van der Waals surface area contributed by atoms with E-state index in [2.05, 4.69) is 49.8 Å². The third-order valence-corrected chi connectivity index (χ3v) is 6.55. The molecular formula is C17H16BrN3OS2. The lowest BCUT2D eigenvalue weighted by Gasteiger charge is -2.11. The van der Waals surface area contributed by atoms with Gasteiger partial charge in [0.2, 0.25) is 0 Å². The molecule has 0 fully saturated rings. The smallest absolute Gasteiger partial charge is 0.174 e. The van der Waals surface area contributed by atoms with E-state index in [9.17, 15) is 4.79 Å². The summed E-state index contributed by atoms with van der Waals surface area (Å²) in [5.41, 5.74) is 6.70. The number of aromatic nitrogens is 3. The molecule has 0 aliphatic rings. The van der Waals surface area contributed by atoms with Gasteiger partial charge >= 0.3 is 0 Å². The van der Waals surface area contributed by atoms with Crippen molar-refractivity contribution in [2.24, 2.45) is 0 Å². The Morgan fingerprint density at radius 3 is 2.75 bits per heavy atom. The molecule has 3 aromatic rings. The van der Waals surface area contributed by atoms with Crippen LogP contribution in [0.5, 0.6) is 0 Å². The highest BCUT2D eigenvalue weighted by molar-refractivity contribution is 9.10. The molecule has 0 aliphatic heterocycles. The van der Waals surface area contributed by atoms with Gasteiger partial charge in [-0.15, -0.1) is 10.2 Å². The normalized spacial score (nSPS) is 11.0. The number of hydrogen-bond acceptors (Lipinski definition) is 5. The van der Waals surface area contributed by atoms with Crippen LogP contribution in [0, 0.1) is 20.8 Å². The average Bonchev–Trinajstić information content (AvgIpc) is 3.16. The Bertz CT molecular complexity index is 888. The molecule has 0 N–H and O–H groups in total. The fourth-order valence-corrected chi connectivity index (χ4v) is 4.26. The Balaban J connectivity index is 1.88. The SMILES string of the molecule is Cc1cc(-n2c(C)cc(C(=O)CSc3nncs3)c2C)ccc1Br. The van der Waals surface area contributed by atoms with E-state index in [4.69, 9.17) is 0 Å². The maximum absolute atomic E-state index is 12.6. The molecule has 2 heterocycles. The van der Waals surface area contributed by atoms with Crippen LogP contribution in [0.4, 0.5) is 0 Å². The number of halogens is 1. The Hall–Kier alpha value is -1.44. The monoisotopic (exact) mass is 421 g/mol. The molecule has 0 amide bonds. The van der Waals surface area contributed by atoms with Crippen LogP contribution >= 0.6 is 39.0 Å². The maximum Gasteiger partial charge on any atom is 0.174 e. The predicted octanol–water partition coefficient (Wildman–Crippen LogP) is 4.99. The van der Waals surface area contributed by atoms with Gasteiger partial charge in [-0.3, -0.25) is 4.79 Å². The first-order valence-electron chi connectivity index (χ1n) is 7.35. The molecular weight excluding hydrogens is 406 g/mol. The average molecular weight is 422 g/mol. The summed E-state index contributed by atoms with van der Waals surface area (Å²) < 4.78 is 4.03. The van der Waals surface area contributed by atoms with Gasteiger partial charge in [0.05, 0.1) is 5.75 Å². The van der Waals surface area contributed by atoms with Crippen molar-refractivity contribution in [3.05, 3.63) is 56.8 Å². The fraction of sp³-hybridized carbons (Fsp3) is 0.235. The third-order valence-electron chi connectivity index (χ3n) is 3.80. The van der Waals surface area contributed by atoms with Gasteiger partial charge in [0.1, 0.15) is 5.51 Å². The van der Waals surface area contributed by atoms with Gasteiger partial charge in [0.25, 0.3) is 0 Å². The van der Waals surface area contributed by atoms with E-state index in [1.807, 2.05) is 26.0 Å². The molecule has 2 aromatic heterocycles. The van der Waals surface area contributed by atoms with Crippen LogP contribution in [-0.4, -0.2) is 26.3 Å². The van der Waals surface area contributed by atoms with Gasteiger partial charge in [-0.2, -0.15) is 0 Å². The lowest BCUT2D eigenvalue weighted by atomic mass is 10.2. The minimum absolute atomic E-state index is 0.114. The quantitative estimate of drug-likeness (QED) is 0.429. The van der Waals surface area contributed by atoms with Crippen LogP contribution in [0.25, 0.3) is 5.69 Å². The lowest BCUT2D eigenvalue weighted by molar-refractivity contribution is 0.102. The molecule has 0 unspecified atom stereocenters. The molecule has 0 atom stereocenters. The lowest BCUT2D eigenvalue weighted by Crippen LogP contribution is -2.05. The number of rotatable bonds is 5. The second kappa shape index (κ2) is 7.21. The maximum atomic E-state index is 12.6. The number of carbonyl (C=O) groups is 1. The molecule has 3 rings (SSSR count). The zero-order valence-electron chi connectivity index (χ0n) is 13.5. The topological polar surface area (TPSA) is 47.8 Å². The van der Waals surface area contributed by atoms with Crippen LogP contribution < -0.4 is 0 Å². The predicted molar refractivity (Wildman–Crippen MR) is 103 cm³/mol. The summed E-state index contributed by atoms with van der Waals surface area (Å²) in [4.78, 5) is 12.6. The number of Topliss-reactive ketones (excluding diaryl/α,β-unsaturated/α-hetero) is 1. The molecule has 0 radical (unpaired) electrons. The minimum Gasteiger partial charge on any atom is -0.318 e. The van der Waals surface area contributed by atoms with Crippen LogP contribution in [0.3, 0.4) is 0 Å². The molecule has 124 valence electrons. The third kappa shape index (κ3) is 3.48. The van der Waals surface area contributed by atoms with E-state index < -0.39 is 0 Å². The van der Waals surface area contributed by atoms with E-state index in [1.165, 1.54) is 28.7 Å². The summed E-state index contributed by atoms with van der Waals surface area (Å²) in [6.45, 7) is 6.08. The summed E-state index contributed by atoms with van der Waals surface area (Å²) in [5, 5.41) is 7.75. The number of thioether (sulfide) groups is 1. The van der Waals surface area contributed by atoms with Gasteiger partial charge in [0.15, 0.2) is 10.1 Å². The number of nitrogens with zero attached hydrogens (tertiary/aromatic N) is 3. The summed E-state index contributed by atoms with van der Waals surface area (Å²) >= 11 is 6.42. The summed E-state index contributed by atoms with van der Waals surface area (Å²) in [7, 11) is 0. The molecule has 0 saturated heterocycles. The van der Waals surface area contributed by atoms with Gasteiger partial charge in [0, 0.05) is 27.1 Å². The number of ketones is 1. The van der Waals surface area contributed by atoms with Crippen LogP contribution in [0.15, 0.2) is 38.6 Å². The molecule has 7 heteroatoms. The Morgan fingerprint density at radius 1 is 1.29 bits per heavy atom. The Labute approximate surface area is 157 Å². The van der Waals surface area contributed by atoms with Gasteiger partial charge in [-0.1, -0.05) is 39.0 Å². The highest BCUT2D eigenvalue weighted by Crippen LogP contribution is 2.26. The van der Waals surface area contributed by atoms with Crippen molar-refractivity contribution in [3.63, 3.8) is 0 Å². The van der Waals surface area contributed by atoms with Gasteiger partial charge < -0.3 is 4.57 Å². The molecule has 0 bridgehead atoms. The molecule has 4 nitrogen and oxygen atoms in total. The van der Waals surface area contributed by atoms with E-state index >= 15 is 0 Å².